The van der Waals surface area contributed by atoms with Gasteiger partial charge in [0, 0.05) is 14.5 Å². The summed E-state index contributed by atoms with van der Waals surface area (Å²) in [5.41, 5.74) is 7.22. The maximum Gasteiger partial charge on any atom is 0.341 e. The van der Waals surface area contributed by atoms with Crippen molar-refractivity contribution in [3.63, 3.8) is 0 Å². The number of carbonyl (C=O) groups excluding carboxylic acids is 2. The highest BCUT2D eigenvalue weighted by Gasteiger charge is 2.47. The van der Waals surface area contributed by atoms with Crippen molar-refractivity contribution in [3.05, 3.63) is 121 Å². The number of methoxy groups -OCH3 is 1. The Morgan fingerprint density at radius 1 is 0.789 bits per heavy atom. The Labute approximate surface area is 239 Å². The molecule has 192 valence electrons. The fourth-order valence-corrected chi connectivity index (χ4v) is 6.32. The van der Waals surface area contributed by atoms with E-state index in [1.807, 2.05) is 49.4 Å². The summed E-state index contributed by atoms with van der Waals surface area (Å²) in [7, 11) is 1.54. The minimum absolute atomic E-state index is 0.00312. The average Bonchev–Trinajstić information content (AvgIpc) is 3.17. The Hall–Kier alpha value is -3.22. The third-order valence-electron chi connectivity index (χ3n) is 7.24. The second-order valence-electron chi connectivity index (χ2n) is 9.35. The molecule has 1 aliphatic rings. The van der Waals surface area contributed by atoms with Crippen LogP contribution in [0.5, 0.6) is 5.75 Å². The summed E-state index contributed by atoms with van der Waals surface area (Å²) >= 11 is 7.39. The molecule has 4 aromatic carbocycles. The molecular weight excluding hydrogens is 608 g/mol. The van der Waals surface area contributed by atoms with Crippen LogP contribution in [0.3, 0.4) is 0 Å². The molecule has 6 heteroatoms. The molecule has 0 saturated heterocycles. The molecule has 0 bridgehead atoms. The van der Waals surface area contributed by atoms with Gasteiger partial charge >= 0.3 is 5.97 Å². The molecule has 5 rings (SSSR count). The van der Waals surface area contributed by atoms with Crippen LogP contribution in [0.4, 0.5) is 0 Å². The van der Waals surface area contributed by atoms with Gasteiger partial charge in [-0.15, -0.1) is 0 Å². The van der Waals surface area contributed by atoms with E-state index < -0.39 is 11.4 Å². The molecule has 0 saturated carbocycles. The predicted molar refractivity (Wildman–Crippen MR) is 156 cm³/mol. The van der Waals surface area contributed by atoms with Crippen molar-refractivity contribution in [1.82, 2.24) is 0 Å². The van der Waals surface area contributed by atoms with Crippen LogP contribution >= 0.6 is 31.9 Å². The van der Waals surface area contributed by atoms with Crippen LogP contribution in [-0.2, 0) is 10.2 Å². The molecule has 0 aromatic heterocycles. The molecule has 0 atom stereocenters. The molecule has 0 spiro atoms. The number of carbonyl (C=O) groups is 2. The summed E-state index contributed by atoms with van der Waals surface area (Å²) < 4.78 is 12.8. The number of ketones is 1. The fourth-order valence-electron chi connectivity index (χ4n) is 5.60. The number of rotatable bonds is 6. The lowest BCUT2D eigenvalue weighted by molar-refractivity contribution is 0.0522. The van der Waals surface area contributed by atoms with Crippen molar-refractivity contribution in [2.24, 2.45) is 0 Å². The van der Waals surface area contributed by atoms with E-state index in [0.29, 0.717) is 16.9 Å². The number of halogens is 2. The summed E-state index contributed by atoms with van der Waals surface area (Å²) in [6.45, 7) is 5.57. The van der Waals surface area contributed by atoms with Gasteiger partial charge in [0.2, 0.25) is 0 Å². The number of fused-ring (bicyclic) bond motifs is 3. The molecule has 0 amide bonds. The van der Waals surface area contributed by atoms with Crippen LogP contribution in [0.1, 0.15) is 62.4 Å². The first-order chi connectivity index (χ1) is 18.2. The second-order valence-corrected chi connectivity index (χ2v) is 11.2. The van der Waals surface area contributed by atoms with Crippen LogP contribution in [0.2, 0.25) is 0 Å². The minimum Gasteiger partial charge on any atom is -0.496 e. The Balaban J connectivity index is 1.96. The van der Waals surface area contributed by atoms with Gasteiger partial charge in [0.15, 0.2) is 5.78 Å². The van der Waals surface area contributed by atoms with Gasteiger partial charge in [-0.25, -0.2) is 4.79 Å². The zero-order valence-electron chi connectivity index (χ0n) is 21.5. The molecular formula is C32H26Br2O4. The number of aryl methyl sites for hydroxylation is 1. The highest BCUT2D eigenvalue weighted by molar-refractivity contribution is 9.10. The number of benzene rings is 4. The lowest BCUT2D eigenvalue weighted by Crippen LogP contribution is -2.29. The number of esters is 1. The third-order valence-corrected chi connectivity index (χ3v) is 8.23. The Bertz CT molecular complexity index is 1550. The first kappa shape index (κ1) is 26.4. The summed E-state index contributed by atoms with van der Waals surface area (Å²) in [4.78, 5) is 25.7. The average molecular weight is 634 g/mol. The highest BCUT2D eigenvalue weighted by Crippen LogP contribution is 2.57. The highest BCUT2D eigenvalue weighted by atomic mass is 79.9. The van der Waals surface area contributed by atoms with Gasteiger partial charge in [-0.05, 0) is 102 Å². The molecule has 0 heterocycles. The van der Waals surface area contributed by atoms with E-state index in [1.54, 1.807) is 21.0 Å². The molecule has 0 fully saturated rings. The van der Waals surface area contributed by atoms with Crippen LogP contribution in [0.25, 0.3) is 11.1 Å². The van der Waals surface area contributed by atoms with Crippen molar-refractivity contribution in [2.75, 3.05) is 13.7 Å². The molecule has 4 nitrogen and oxygen atoms in total. The second kappa shape index (κ2) is 10.2. The van der Waals surface area contributed by atoms with E-state index in [2.05, 4.69) is 62.2 Å². The Morgan fingerprint density at radius 2 is 1.34 bits per heavy atom. The molecule has 0 radical (unpaired) electrons. The van der Waals surface area contributed by atoms with Crippen molar-refractivity contribution >= 4 is 43.6 Å². The van der Waals surface area contributed by atoms with Crippen LogP contribution < -0.4 is 4.74 Å². The van der Waals surface area contributed by atoms with E-state index in [1.165, 1.54) is 0 Å². The molecule has 0 aliphatic heterocycles. The van der Waals surface area contributed by atoms with E-state index in [4.69, 9.17) is 9.47 Å². The summed E-state index contributed by atoms with van der Waals surface area (Å²) in [5, 5.41) is 0. The monoisotopic (exact) mass is 632 g/mol. The lowest BCUT2D eigenvalue weighted by atomic mass is 9.67. The van der Waals surface area contributed by atoms with Crippen molar-refractivity contribution < 1.29 is 19.1 Å². The zero-order chi connectivity index (χ0) is 27.2. The quantitative estimate of drug-likeness (QED) is 0.139. The van der Waals surface area contributed by atoms with Crippen LogP contribution in [0, 0.1) is 6.92 Å². The van der Waals surface area contributed by atoms with Gasteiger partial charge in [0.05, 0.1) is 19.1 Å². The largest absolute Gasteiger partial charge is 0.496 e. The van der Waals surface area contributed by atoms with Gasteiger partial charge in [-0.1, -0.05) is 62.2 Å². The maximum atomic E-state index is 13.1. The summed E-state index contributed by atoms with van der Waals surface area (Å²) in [5.74, 6) is -0.00223. The summed E-state index contributed by atoms with van der Waals surface area (Å²) in [6, 6.07) is 24.3. The number of Topliss-reactive ketones (excluding diaryl/α,β-unsaturated/α-hetero) is 1. The standard InChI is InChI=1S/C32H26Br2O4/c1-5-38-31(36)27-15-21(8-13-30(27)37-4)32(20-7-6-18(2)26(14-20)19(3)35)28-16-22(33)9-11-24(28)25-12-10-23(34)17-29(25)32/h6-17H,5H2,1-4H3. The Kier molecular flexibility index (Phi) is 7.05. The molecule has 0 N–H and O–H groups in total. The smallest absolute Gasteiger partial charge is 0.341 e. The van der Waals surface area contributed by atoms with E-state index in [9.17, 15) is 9.59 Å². The van der Waals surface area contributed by atoms with Gasteiger partial charge in [0.25, 0.3) is 0 Å². The molecule has 4 aromatic rings. The third kappa shape index (κ3) is 4.11. The van der Waals surface area contributed by atoms with E-state index >= 15 is 0 Å². The maximum absolute atomic E-state index is 13.1. The molecule has 0 unspecified atom stereocenters. The normalized spacial score (nSPS) is 13.0. The number of hydrogen-bond acceptors (Lipinski definition) is 4. The predicted octanol–water partition coefficient (Wildman–Crippen LogP) is 8.27. The molecule has 38 heavy (non-hydrogen) atoms. The Morgan fingerprint density at radius 3 is 1.87 bits per heavy atom. The number of ether oxygens (including phenoxy) is 2. The SMILES string of the molecule is CCOC(=O)c1cc(C2(c3ccc(C)c(C(C)=O)c3)c3cc(Br)ccc3-c3ccc(Br)cc32)ccc1OC. The van der Waals surface area contributed by atoms with Gasteiger partial charge in [-0.2, -0.15) is 0 Å². The lowest BCUT2D eigenvalue weighted by Gasteiger charge is -2.35. The van der Waals surface area contributed by atoms with Crippen molar-refractivity contribution in [3.8, 4) is 16.9 Å². The van der Waals surface area contributed by atoms with E-state index in [0.717, 1.165) is 47.9 Å². The van der Waals surface area contributed by atoms with Gasteiger partial charge in [-0.3, -0.25) is 4.79 Å². The van der Waals surface area contributed by atoms with Crippen molar-refractivity contribution in [1.29, 1.82) is 0 Å². The van der Waals surface area contributed by atoms with Crippen LogP contribution in [0.15, 0.2) is 81.7 Å². The van der Waals surface area contributed by atoms with Gasteiger partial charge in [0.1, 0.15) is 11.3 Å². The zero-order valence-corrected chi connectivity index (χ0v) is 24.7. The topological polar surface area (TPSA) is 52.6 Å². The molecule has 1 aliphatic carbocycles. The van der Waals surface area contributed by atoms with Crippen LogP contribution in [-0.4, -0.2) is 25.5 Å². The summed E-state index contributed by atoms with van der Waals surface area (Å²) in [6.07, 6.45) is 0. The van der Waals surface area contributed by atoms with Gasteiger partial charge < -0.3 is 9.47 Å². The first-order valence-electron chi connectivity index (χ1n) is 12.3. The fraction of sp³-hybridized carbons (Fsp3) is 0.188. The minimum atomic E-state index is -0.816. The van der Waals surface area contributed by atoms with E-state index in [-0.39, 0.29) is 12.4 Å². The number of hydrogen-bond donors (Lipinski definition) is 0. The van der Waals surface area contributed by atoms with Crippen molar-refractivity contribution in [2.45, 2.75) is 26.2 Å². The first-order valence-corrected chi connectivity index (χ1v) is 13.9.